The van der Waals surface area contributed by atoms with E-state index >= 15 is 0 Å². The van der Waals surface area contributed by atoms with Crippen molar-refractivity contribution in [3.8, 4) is 0 Å². The van der Waals surface area contributed by atoms with E-state index in [0.29, 0.717) is 6.54 Å². The van der Waals surface area contributed by atoms with Crippen molar-refractivity contribution in [3.63, 3.8) is 0 Å². The third-order valence-corrected chi connectivity index (χ3v) is 2.52. The van der Waals surface area contributed by atoms with Crippen LogP contribution in [0.5, 0.6) is 0 Å². The molecule has 1 saturated heterocycles. The van der Waals surface area contributed by atoms with Gasteiger partial charge in [0.05, 0.1) is 12.2 Å². The second-order valence-corrected chi connectivity index (χ2v) is 4.12. The van der Waals surface area contributed by atoms with Gasteiger partial charge < -0.3 is 10.2 Å². The van der Waals surface area contributed by atoms with Crippen LogP contribution in [0.15, 0.2) is 0 Å². The van der Waals surface area contributed by atoms with Crippen molar-refractivity contribution < 1.29 is 10.2 Å². The SMILES string of the molecule is CCC1CN(CC(C)(O)CO)C1. The van der Waals surface area contributed by atoms with E-state index in [1.54, 1.807) is 6.92 Å². The number of rotatable bonds is 4. The molecule has 1 heterocycles. The molecular formula is C9H19NO2. The molecule has 0 bridgehead atoms. The molecule has 1 aliphatic rings. The first-order valence-electron chi connectivity index (χ1n) is 4.63. The van der Waals surface area contributed by atoms with E-state index in [1.807, 2.05) is 0 Å². The van der Waals surface area contributed by atoms with Crippen LogP contribution in [-0.2, 0) is 0 Å². The number of hydrogen-bond acceptors (Lipinski definition) is 3. The minimum Gasteiger partial charge on any atom is -0.393 e. The van der Waals surface area contributed by atoms with Crippen LogP contribution in [-0.4, -0.2) is 47.0 Å². The number of nitrogens with zero attached hydrogens (tertiary/aromatic N) is 1. The first-order valence-corrected chi connectivity index (χ1v) is 4.63. The normalized spacial score (nSPS) is 25.0. The maximum atomic E-state index is 9.53. The van der Waals surface area contributed by atoms with Gasteiger partial charge in [0.15, 0.2) is 0 Å². The minimum atomic E-state index is -0.918. The van der Waals surface area contributed by atoms with Gasteiger partial charge in [0.1, 0.15) is 0 Å². The molecule has 0 saturated carbocycles. The first kappa shape index (κ1) is 9.96. The van der Waals surface area contributed by atoms with E-state index in [-0.39, 0.29) is 6.61 Å². The molecule has 0 aromatic heterocycles. The van der Waals surface area contributed by atoms with Gasteiger partial charge in [-0.15, -0.1) is 0 Å². The van der Waals surface area contributed by atoms with Gasteiger partial charge in [-0.05, 0) is 12.8 Å². The monoisotopic (exact) mass is 173 g/mol. The van der Waals surface area contributed by atoms with Crippen LogP contribution in [0.25, 0.3) is 0 Å². The molecule has 1 rings (SSSR count). The lowest BCUT2D eigenvalue weighted by Gasteiger charge is -2.42. The van der Waals surface area contributed by atoms with E-state index < -0.39 is 5.60 Å². The van der Waals surface area contributed by atoms with Gasteiger partial charge in [-0.2, -0.15) is 0 Å². The summed E-state index contributed by atoms with van der Waals surface area (Å²) >= 11 is 0. The summed E-state index contributed by atoms with van der Waals surface area (Å²) in [5.41, 5.74) is -0.918. The average Bonchev–Trinajstić information content (AvgIpc) is 1.96. The zero-order chi connectivity index (χ0) is 9.19. The lowest BCUT2D eigenvalue weighted by molar-refractivity contribution is -0.0511. The maximum absolute atomic E-state index is 9.53. The molecule has 3 nitrogen and oxygen atoms in total. The highest BCUT2D eigenvalue weighted by molar-refractivity contribution is 4.85. The van der Waals surface area contributed by atoms with Crippen molar-refractivity contribution in [1.82, 2.24) is 4.90 Å². The van der Waals surface area contributed by atoms with Gasteiger partial charge >= 0.3 is 0 Å². The molecule has 72 valence electrons. The fourth-order valence-electron chi connectivity index (χ4n) is 1.60. The molecule has 1 atom stereocenters. The van der Waals surface area contributed by atoms with Crippen LogP contribution in [0.1, 0.15) is 20.3 Å². The number of hydrogen-bond donors (Lipinski definition) is 2. The van der Waals surface area contributed by atoms with Gasteiger partial charge in [-0.1, -0.05) is 13.3 Å². The molecule has 1 unspecified atom stereocenters. The summed E-state index contributed by atoms with van der Waals surface area (Å²) in [4.78, 5) is 2.18. The number of aliphatic hydroxyl groups is 2. The molecule has 2 N–H and O–H groups in total. The summed E-state index contributed by atoms with van der Waals surface area (Å²) in [6.45, 7) is 6.46. The van der Waals surface area contributed by atoms with E-state index in [9.17, 15) is 5.11 Å². The average molecular weight is 173 g/mol. The van der Waals surface area contributed by atoms with Crippen LogP contribution < -0.4 is 0 Å². The molecule has 0 spiro atoms. The number of aliphatic hydroxyl groups excluding tert-OH is 1. The summed E-state index contributed by atoms with van der Waals surface area (Å²) in [5.74, 6) is 0.805. The fraction of sp³-hybridized carbons (Fsp3) is 1.00. The predicted molar refractivity (Wildman–Crippen MR) is 47.9 cm³/mol. The lowest BCUT2D eigenvalue weighted by atomic mass is 9.95. The molecule has 0 aromatic carbocycles. The van der Waals surface area contributed by atoms with Crippen molar-refractivity contribution in [3.05, 3.63) is 0 Å². The van der Waals surface area contributed by atoms with Gasteiger partial charge in [-0.3, -0.25) is 4.90 Å². The summed E-state index contributed by atoms with van der Waals surface area (Å²) < 4.78 is 0. The van der Waals surface area contributed by atoms with Gasteiger partial charge in [0, 0.05) is 19.6 Å². The van der Waals surface area contributed by atoms with Crippen molar-refractivity contribution in [1.29, 1.82) is 0 Å². The van der Waals surface area contributed by atoms with Crippen LogP contribution in [0, 0.1) is 5.92 Å². The third kappa shape index (κ3) is 2.44. The fourth-order valence-corrected chi connectivity index (χ4v) is 1.60. The van der Waals surface area contributed by atoms with E-state index in [1.165, 1.54) is 6.42 Å². The van der Waals surface area contributed by atoms with Gasteiger partial charge in [-0.25, -0.2) is 0 Å². The lowest BCUT2D eigenvalue weighted by Crippen LogP contribution is -2.53. The number of β-amino-alcohol motifs (C(OH)–C–C–N with tert-alkyl or cyclic N) is 1. The van der Waals surface area contributed by atoms with Crippen LogP contribution in [0.3, 0.4) is 0 Å². The molecular weight excluding hydrogens is 154 g/mol. The van der Waals surface area contributed by atoms with Crippen molar-refractivity contribution >= 4 is 0 Å². The van der Waals surface area contributed by atoms with Crippen LogP contribution in [0.4, 0.5) is 0 Å². The van der Waals surface area contributed by atoms with E-state index in [2.05, 4.69) is 11.8 Å². The highest BCUT2D eigenvalue weighted by Crippen LogP contribution is 2.20. The van der Waals surface area contributed by atoms with Gasteiger partial charge in [0.2, 0.25) is 0 Å². The molecule has 0 amide bonds. The summed E-state index contributed by atoms with van der Waals surface area (Å²) in [6.07, 6.45) is 1.22. The zero-order valence-electron chi connectivity index (χ0n) is 7.95. The molecule has 0 aliphatic carbocycles. The number of likely N-dealkylation sites (tertiary alicyclic amines) is 1. The Labute approximate surface area is 74.0 Å². The van der Waals surface area contributed by atoms with Crippen LogP contribution >= 0.6 is 0 Å². The quantitative estimate of drug-likeness (QED) is 0.632. The Bertz CT molecular complexity index is 141. The topological polar surface area (TPSA) is 43.7 Å². The van der Waals surface area contributed by atoms with Gasteiger partial charge in [0.25, 0.3) is 0 Å². The first-order chi connectivity index (χ1) is 5.57. The third-order valence-electron chi connectivity index (χ3n) is 2.52. The summed E-state index contributed by atoms with van der Waals surface area (Å²) in [7, 11) is 0. The smallest absolute Gasteiger partial charge is 0.0975 e. The predicted octanol–water partition coefficient (Wildman–Crippen LogP) is 0.0715. The Morgan fingerprint density at radius 3 is 2.50 bits per heavy atom. The Balaban J connectivity index is 2.18. The van der Waals surface area contributed by atoms with Crippen molar-refractivity contribution in [2.75, 3.05) is 26.2 Å². The van der Waals surface area contributed by atoms with Crippen molar-refractivity contribution in [2.45, 2.75) is 25.9 Å². The molecule has 1 fully saturated rings. The standard InChI is InChI=1S/C9H19NO2/c1-3-8-4-10(5-8)6-9(2,12)7-11/h8,11-12H,3-7H2,1-2H3. The molecule has 1 aliphatic heterocycles. The molecule has 3 heteroatoms. The Hall–Kier alpha value is -0.120. The maximum Gasteiger partial charge on any atom is 0.0975 e. The van der Waals surface area contributed by atoms with E-state index in [0.717, 1.165) is 19.0 Å². The van der Waals surface area contributed by atoms with Crippen molar-refractivity contribution in [2.24, 2.45) is 5.92 Å². The zero-order valence-corrected chi connectivity index (χ0v) is 7.95. The minimum absolute atomic E-state index is 0.152. The highest BCUT2D eigenvalue weighted by atomic mass is 16.3. The Morgan fingerprint density at radius 1 is 1.50 bits per heavy atom. The van der Waals surface area contributed by atoms with Crippen LogP contribution in [0.2, 0.25) is 0 Å². The molecule has 0 aromatic rings. The molecule has 12 heavy (non-hydrogen) atoms. The highest BCUT2D eigenvalue weighted by Gasteiger charge is 2.30. The molecule has 0 radical (unpaired) electrons. The summed E-state index contributed by atoms with van der Waals surface area (Å²) in [5, 5.41) is 18.3. The second-order valence-electron chi connectivity index (χ2n) is 4.12. The largest absolute Gasteiger partial charge is 0.393 e. The Kier molecular flexibility index (Phi) is 3.09. The summed E-state index contributed by atoms with van der Waals surface area (Å²) in [6, 6.07) is 0. The van der Waals surface area contributed by atoms with E-state index in [4.69, 9.17) is 5.11 Å². The Morgan fingerprint density at radius 2 is 2.08 bits per heavy atom. The second kappa shape index (κ2) is 3.73.